The van der Waals surface area contributed by atoms with Crippen LogP contribution in [0.2, 0.25) is 0 Å². The zero-order valence-corrected chi connectivity index (χ0v) is 8.72. The van der Waals surface area contributed by atoms with Crippen LogP contribution in [0.3, 0.4) is 0 Å². The van der Waals surface area contributed by atoms with E-state index in [0.29, 0.717) is 5.56 Å². The first kappa shape index (κ1) is 10.9. The molecule has 0 saturated carbocycles. The van der Waals surface area contributed by atoms with Crippen LogP contribution in [0.5, 0.6) is 11.6 Å². The maximum absolute atomic E-state index is 13.1. The largest absolute Gasteiger partial charge is 0.439 e. The third-order valence-corrected chi connectivity index (χ3v) is 2.06. The van der Waals surface area contributed by atoms with Gasteiger partial charge in [0.15, 0.2) is 0 Å². The Bertz CT molecular complexity index is 593. The van der Waals surface area contributed by atoms with Crippen LogP contribution in [0.15, 0.2) is 36.5 Å². The van der Waals surface area contributed by atoms with Gasteiger partial charge in [0.1, 0.15) is 11.6 Å². The minimum absolute atomic E-state index is 0.0519. The first-order valence-corrected chi connectivity index (χ1v) is 4.78. The predicted octanol–water partition coefficient (Wildman–Crippen LogP) is 2.47. The molecular formula is C12H8FN3O. The van der Waals surface area contributed by atoms with Crippen molar-refractivity contribution in [2.45, 2.75) is 0 Å². The van der Waals surface area contributed by atoms with E-state index >= 15 is 0 Å². The third kappa shape index (κ3) is 2.49. The monoisotopic (exact) mass is 229 g/mol. The summed E-state index contributed by atoms with van der Waals surface area (Å²) < 4.78 is 18.4. The lowest BCUT2D eigenvalue weighted by Crippen LogP contribution is -1.93. The number of nitriles is 1. The van der Waals surface area contributed by atoms with E-state index in [0.717, 1.165) is 6.07 Å². The highest BCUT2D eigenvalue weighted by atomic mass is 19.1. The Morgan fingerprint density at radius 2 is 2.12 bits per heavy atom. The Balaban J connectivity index is 2.25. The quantitative estimate of drug-likeness (QED) is 0.803. The molecule has 1 heterocycles. The lowest BCUT2D eigenvalue weighted by atomic mass is 10.3. The molecule has 17 heavy (non-hydrogen) atoms. The molecular weight excluding hydrogens is 221 g/mol. The minimum Gasteiger partial charge on any atom is -0.439 e. The van der Waals surface area contributed by atoms with Crippen LogP contribution in [0, 0.1) is 17.1 Å². The van der Waals surface area contributed by atoms with Gasteiger partial charge in [0.05, 0.1) is 17.3 Å². The lowest BCUT2D eigenvalue weighted by Gasteiger charge is -2.05. The Morgan fingerprint density at radius 1 is 1.29 bits per heavy atom. The number of anilines is 1. The highest BCUT2D eigenvalue weighted by Crippen LogP contribution is 2.23. The topological polar surface area (TPSA) is 71.9 Å². The molecule has 0 saturated heterocycles. The summed E-state index contributed by atoms with van der Waals surface area (Å²) >= 11 is 0. The van der Waals surface area contributed by atoms with Crippen LogP contribution in [0.25, 0.3) is 0 Å². The molecule has 2 rings (SSSR count). The van der Waals surface area contributed by atoms with Gasteiger partial charge in [0, 0.05) is 18.3 Å². The fourth-order valence-corrected chi connectivity index (χ4v) is 1.23. The number of pyridine rings is 1. The number of benzene rings is 1. The molecule has 0 fully saturated rings. The summed E-state index contributed by atoms with van der Waals surface area (Å²) in [4.78, 5) is 3.91. The van der Waals surface area contributed by atoms with Gasteiger partial charge in [-0.05, 0) is 18.2 Å². The number of hydrogen-bond donors (Lipinski definition) is 1. The van der Waals surface area contributed by atoms with Crippen LogP contribution in [0.1, 0.15) is 5.56 Å². The molecule has 0 atom stereocenters. The highest BCUT2D eigenvalue weighted by Gasteiger charge is 2.03. The molecule has 4 nitrogen and oxygen atoms in total. The first-order valence-electron chi connectivity index (χ1n) is 4.78. The van der Waals surface area contributed by atoms with E-state index in [1.807, 2.05) is 6.07 Å². The molecule has 0 spiro atoms. The van der Waals surface area contributed by atoms with Crippen molar-refractivity contribution >= 4 is 5.69 Å². The number of nitrogens with zero attached hydrogens (tertiary/aromatic N) is 2. The molecule has 0 amide bonds. The van der Waals surface area contributed by atoms with E-state index in [2.05, 4.69) is 4.98 Å². The predicted molar refractivity (Wildman–Crippen MR) is 59.8 cm³/mol. The van der Waals surface area contributed by atoms with Crippen molar-refractivity contribution in [3.8, 4) is 17.7 Å². The maximum atomic E-state index is 13.1. The molecule has 1 aromatic heterocycles. The summed E-state index contributed by atoms with van der Waals surface area (Å²) in [6, 6.07) is 9.07. The van der Waals surface area contributed by atoms with Crippen LogP contribution >= 0.6 is 0 Å². The number of nitrogen functional groups attached to an aromatic ring is 1. The number of halogens is 1. The second-order valence-electron chi connectivity index (χ2n) is 3.28. The smallest absolute Gasteiger partial charge is 0.220 e. The molecule has 2 aromatic rings. The standard InChI is InChI=1S/C12H8FN3O/c13-10-6-9(1-2-11(10)15)17-12-5-8(7-14)3-4-16-12/h1-6H,15H2. The van der Waals surface area contributed by atoms with Crippen molar-refractivity contribution in [1.82, 2.24) is 4.98 Å². The number of hydrogen-bond acceptors (Lipinski definition) is 4. The molecule has 0 aliphatic carbocycles. The van der Waals surface area contributed by atoms with Crippen molar-refractivity contribution in [2.24, 2.45) is 0 Å². The summed E-state index contributed by atoms with van der Waals surface area (Å²) in [5.41, 5.74) is 5.81. The SMILES string of the molecule is N#Cc1ccnc(Oc2ccc(N)c(F)c2)c1. The van der Waals surface area contributed by atoms with Crippen LogP contribution < -0.4 is 10.5 Å². The van der Waals surface area contributed by atoms with Gasteiger partial charge in [-0.2, -0.15) is 5.26 Å². The molecule has 0 radical (unpaired) electrons. The van der Waals surface area contributed by atoms with Gasteiger partial charge in [-0.3, -0.25) is 0 Å². The zero-order chi connectivity index (χ0) is 12.3. The molecule has 0 aliphatic rings. The van der Waals surface area contributed by atoms with E-state index in [1.54, 1.807) is 6.07 Å². The van der Waals surface area contributed by atoms with Crippen molar-refractivity contribution in [3.63, 3.8) is 0 Å². The fourth-order valence-electron chi connectivity index (χ4n) is 1.23. The molecule has 0 unspecified atom stereocenters. The second kappa shape index (κ2) is 4.49. The Kier molecular flexibility index (Phi) is 2.88. The molecule has 84 valence electrons. The molecule has 5 heteroatoms. The third-order valence-electron chi connectivity index (χ3n) is 2.06. The fraction of sp³-hybridized carbons (Fsp3) is 0. The summed E-state index contributed by atoms with van der Waals surface area (Å²) in [5.74, 6) is -0.0496. The average Bonchev–Trinajstić information content (AvgIpc) is 2.34. The van der Waals surface area contributed by atoms with E-state index < -0.39 is 5.82 Å². The summed E-state index contributed by atoms with van der Waals surface area (Å²) in [7, 11) is 0. The van der Waals surface area contributed by atoms with Gasteiger partial charge in [-0.1, -0.05) is 0 Å². The molecule has 0 bridgehead atoms. The number of nitrogens with two attached hydrogens (primary N) is 1. The van der Waals surface area contributed by atoms with Gasteiger partial charge < -0.3 is 10.5 Å². The Morgan fingerprint density at radius 3 is 2.82 bits per heavy atom. The summed E-state index contributed by atoms with van der Waals surface area (Å²) in [6.45, 7) is 0. The van der Waals surface area contributed by atoms with Gasteiger partial charge in [-0.15, -0.1) is 0 Å². The molecule has 0 aliphatic heterocycles. The summed E-state index contributed by atoms with van der Waals surface area (Å²) in [6.07, 6.45) is 1.45. The van der Waals surface area contributed by atoms with E-state index in [9.17, 15) is 4.39 Å². The van der Waals surface area contributed by atoms with Crippen LogP contribution in [0.4, 0.5) is 10.1 Å². The Labute approximate surface area is 97.1 Å². The lowest BCUT2D eigenvalue weighted by molar-refractivity contribution is 0.458. The van der Waals surface area contributed by atoms with Gasteiger partial charge in [-0.25, -0.2) is 9.37 Å². The maximum Gasteiger partial charge on any atom is 0.220 e. The van der Waals surface area contributed by atoms with Crippen molar-refractivity contribution in [3.05, 3.63) is 47.9 Å². The van der Waals surface area contributed by atoms with Gasteiger partial charge >= 0.3 is 0 Å². The zero-order valence-electron chi connectivity index (χ0n) is 8.72. The van der Waals surface area contributed by atoms with Crippen molar-refractivity contribution in [2.75, 3.05) is 5.73 Å². The summed E-state index contributed by atoms with van der Waals surface area (Å²) in [5, 5.41) is 8.70. The molecule has 1 aromatic carbocycles. The second-order valence-corrected chi connectivity index (χ2v) is 3.28. The molecule has 2 N–H and O–H groups in total. The normalized spacial score (nSPS) is 9.65. The average molecular weight is 229 g/mol. The van der Waals surface area contributed by atoms with E-state index in [-0.39, 0.29) is 17.3 Å². The van der Waals surface area contributed by atoms with Crippen molar-refractivity contribution < 1.29 is 9.13 Å². The van der Waals surface area contributed by atoms with Crippen molar-refractivity contribution in [1.29, 1.82) is 5.26 Å². The van der Waals surface area contributed by atoms with Crippen LogP contribution in [-0.4, -0.2) is 4.98 Å². The number of ether oxygens (including phenoxy) is 1. The van der Waals surface area contributed by atoms with E-state index in [1.165, 1.54) is 24.4 Å². The Hall–Kier alpha value is -2.61. The van der Waals surface area contributed by atoms with Gasteiger partial charge in [0.2, 0.25) is 5.88 Å². The highest BCUT2D eigenvalue weighted by molar-refractivity contribution is 5.44. The minimum atomic E-state index is -0.557. The number of aromatic nitrogens is 1. The first-order chi connectivity index (χ1) is 8.19. The van der Waals surface area contributed by atoms with Gasteiger partial charge in [0.25, 0.3) is 0 Å². The number of rotatable bonds is 2. The van der Waals surface area contributed by atoms with Crippen LogP contribution in [-0.2, 0) is 0 Å². The van der Waals surface area contributed by atoms with E-state index in [4.69, 9.17) is 15.7 Å².